The minimum absolute atomic E-state index is 0.515. The van der Waals surface area contributed by atoms with Crippen molar-refractivity contribution in [2.24, 2.45) is 5.73 Å². The van der Waals surface area contributed by atoms with E-state index in [-0.39, 0.29) is 0 Å². The lowest BCUT2D eigenvalue weighted by Gasteiger charge is -2.20. The summed E-state index contributed by atoms with van der Waals surface area (Å²) in [5, 5.41) is 9.32. The first kappa shape index (κ1) is 12.0. The SMILES string of the molecule is NCc1cccn2c(CC3CCCCS3)nnc12. The van der Waals surface area contributed by atoms with E-state index in [0.717, 1.165) is 23.5 Å². The second kappa shape index (κ2) is 5.28. The van der Waals surface area contributed by atoms with Crippen molar-refractivity contribution in [1.82, 2.24) is 14.6 Å². The third-order valence-corrected chi connectivity index (χ3v) is 4.89. The lowest BCUT2D eigenvalue weighted by molar-refractivity contribution is 0.645. The Balaban J connectivity index is 1.88. The summed E-state index contributed by atoms with van der Waals surface area (Å²) in [4.78, 5) is 0. The Morgan fingerprint density at radius 3 is 3.11 bits per heavy atom. The summed E-state index contributed by atoms with van der Waals surface area (Å²) in [5.41, 5.74) is 7.70. The normalized spacial score (nSPS) is 20.4. The molecule has 1 aliphatic heterocycles. The molecule has 1 atom stereocenters. The molecule has 3 rings (SSSR count). The van der Waals surface area contributed by atoms with E-state index < -0.39 is 0 Å². The van der Waals surface area contributed by atoms with E-state index >= 15 is 0 Å². The van der Waals surface area contributed by atoms with E-state index in [1.807, 2.05) is 18.3 Å². The summed E-state index contributed by atoms with van der Waals surface area (Å²) in [6.45, 7) is 0.515. The summed E-state index contributed by atoms with van der Waals surface area (Å²) >= 11 is 2.07. The van der Waals surface area contributed by atoms with Crippen molar-refractivity contribution in [1.29, 1.82) is 0 Å². The Morgan fingerprint density at radius 2 is 2.33 bits per heavy atom. The quantitative estimate of drug-likeness (QED) is 0.919. The van der Waals surface area contributed by atoms with Crippen LogP contribution < -0.4 is 5.73 Å². The van der Waals surface area contributed by atoms with Crippen molar-refractivity contribution in [2.75, 3.05) is 5.75 Å². The van der Waals surface area contributed by atoms with E-state index in [9.17, 15) is 0 Å². The van der Waals surface area contributed by atoms with Crippen LogP contribution in [0, 0.1) is 0 Å². The van der Waals surface area contributed by atoms with Gasteiger partial charge < -0.3 is 5.73 Å². The van der Waals surface area contributed by atoms with Crippen molar-refractivity contribution in [3.8, 4) is 0 Å². The van der Waals surface area contributed by atoms with Gasteiger partial charge in [0.1, 0.15) is 5.82 Å². The van der Waals surface area contributed by atoms with Crippen molar-refractivity contribution >= 4 is 17.4 Å². The fourth-order valence-electron chi connectivity index (χ4n) is 2.49. The number of nitrogens with two attached hydrogens (primary N) is 1. The fraction of sp³-hybridized carbons (Fsp3) is 0.538. The van der Waals surface area contributed by atoms with Gasteiger partial charge in [-0.05, 0) is 24.7 Å². The van der Waals surface area contributed by atoms with Crippen LogP contribution in [0.25, 0.3) is 5.65 Å². The van der Waals surface area contributed by atoms with Crippen LogP contribution in [0.5, 0.6) is 0 Å². The predicted molar refractivity (Wildman–Crippen MR) is 74.7 cm³/mol. The molecule has 0 bridgehead atoms. The van der Waals surface area contributed by atoms with Gasteiger partial charge in [0.25, 0.3) is 0 Å². The number of pyridine rings is 1. The molecule has 96 valence electrons. The standard InChI is InChI=1S/C13H18N4S/c14-9-10-4-3-6-17-12(15-16-13(10)17)8-11-5-1-2-7-18-11/h3-4,6,11H,1-2,5,7-9,14H2. The van der Waals surface area contributed by atoms with Crippen molar-refractivity contribution in [3.63, 3.8) is 0 Å². The molecule has 2 aromatic rings. The highest BCUT2D eigenvalue weighted by Crippen LogP contribution is 2.27. The lowest BCUT2D eigenvalue weighted by atomic mass is 10.1. The first-order valence-corrected chi connectivity index (χ1v) is 7.56. The highest BCUT2D eigenvalue weighted by Gasteiger charge is 2.18. The van der Waals surface area contributed by atoms with Crippen molar-refractivity contribution < 1.29 is 0 Å². The molecule has 0 saturated carbocycles. The van der Waals surface area contributed by atoms with Crippen LogP contribution in [0.2, 0.25) is 0 Å². The van der Waals surface area contributed by atoms with Crippen LogP contribution in [0.3, 0.4) is 0 Å². The van der Waals surface area contributed by atoms with E-state index in [1.54, 1.807) is 0 Å². The average Bonchev–Trinajstić information content (AvgIpc) is 2.83. The Kier molecular flexibility index (Phi) is 3.52. The van der Waals surface area contributed by atoms with Crippen LogP contribution in [0.4, 0.5) is 0 Å². The predicted octanol–water partition coefficient (Wildman–Crippen LogP) is 2.02. The average molecular weight is 262 g/mol. The first-order valence-electron chi connectivity index (χ1n) is 6.51. The Labute approximate surface area is 111 Å². The molecule has 0 spiro atoms. The van der Waals surface area contributed by atoms with Gasteiger partial charge in [-0.25, -0.2) is 0 Å². The van der Waals surface area contributed by atoms with E-state index in [4.69, 9.17) is 5.73 Å². The zero-order valence-corrected chi connectivity index (χ0v) is 11.2. The molecule has 0 radical (unpaired) electrons. The molecule has 0 amide bonds. The zero-order valence-electron chi connectivity index (χ0n) is 10.4. The molecule has 0 aliphatic carbocycles. The number of hydrogen-bond donors (Lipinski definition) is 1. The number of thioether (sulfide) groups is 1. The second-order valence-electron chi connectivity index (χ2n) is 4.74. The van der Waals surface area contributed by atoms with Gasteiger partial charge in [-0.2, -0.15) is 11.8 Å². The third-order valence-electron chi connectivity index (χ3n) is 3.49. The smallest absolute Gasteiger partial charge is 0.165 e. The monoisotopic (exact) mass is 262 g/mol. The van der Waals surface area contributed by atoms with Gasteiger partial charge in [-0.1, -0.05) is 12.5 Å². The highest BCUT2D eigenvalue weighted by atomic mass is 32.2. The van der Waals surface area contributed by atoms with Crippen LogP contribution in [0.15, 0.2) is 18.3 Å². The van der Waals surface area contributed by atoms with Crippen LogP contribution >= 0.6 is 11.8 Å². The summed E-state index contributed by atoms with van der Waals surface area (Å²) in [5.74, 6) is 2.36. The molecule has 5 heteroatoms. The van der Waals surface area contributed by atoms with Gasteiger partial charge >= 0.3 is 0 Å². The van der Waals surface area contributed by atoms with Gasteiger partial charge in [0, 0.05) is 30.0 Å². The minimum atomic E-state index is 0.515. The van der Waals surface area contributed by atoms with E-state index in [2.05, 4.69) is 26.4 Å². The summed E-state index contributed by atoms with van der Waals surface area (Å²) < 4.78 is 2.09. The zero-order chi connectivity index (χ0) is 12.4. The van der Waals surface area contributed by atoms with E-state index in [1.165, 1.54) is 25.0 Å². The first-order chi connectivity index (χ1) is 8.88. The van der Waals surface area contributed by atoms with Gasteiger partial charge in [0.15, 0.2) is 5.65 Å². The molecule has 0 aromatic carbocycles. The molecule has 18 heavy (non-hydrogen) atoms. The number of fused-ring (bicyclic) bond motifs is 1. The molecule has 2 aromatic heterocycles. The van der Waals surface area contributed by atoms with E-state index in [0.29, 0.717) is 11.8 Å². The summed E-state index contributed by atoms with van der Waals surface area (Å²) in [6.07, 6.45) is 7.06. The minimum Gasteiger partial charge on any atom is -0.326 e. The van der Waals surface area contributed by atoms with Crippen molar-refractivity contribution in [2.45, 2.75) is 37.5 Å². The summed E-state index contributed by atoms with van der Waals surface area (Å²) in [7, 11) is 0. The lowest BCUT2D eigenvalue weighted by Crippen LogP contribution is -2.14. The molecule has 1 aliphatic rings. The van der Waals surface area contributed by atoms with Gasteiger partial charge in [-0.3, -0.25) is 4.40 Å². The van der Waals surface area contributed by atoms with Crippen LogP contribution in [-0.4, -0.2) is 25.6 Å². The molecular weight excluding hydrogens is 244 g/mol. The maximum atomic E-state index is 5.72. The number of hydrogen-bond acceptors (Lipinski definition) is 4. The topological polar surface area (TPSA) is 56.2 Å². The van der Waals surface area contributed by atoms with Gasteiger partial charge in [0.2, 0.25) is 0 Å². The van der Waals surface area contributed by atoms with Crippen LogP contribution in [-0.2, 0) is 13.0 Å². The molecule has 2 N–H and O–H groups in total. The number of rotatable bonds is 3. The fourth-order valence-corrected chi connectivity index (χ4v) is 3.79. The van der Waals surface area contributed by atoms with Crippen molar-refractivity contribution in [3.05, 3.63) is 29.7 Å². The second-order valence-corrected chi connectivity index (χ2v) is 6.15. The molecule has 4 nitrogen and oxygen atoms in total. The molecule has 3 heterocycles. The Hall–Kier alpha value is -1.07. The molecule has 1 saturated heterocycles. The highest BCUT2D eigenvalue weighted by molar-refractivity contribution is 7.99. The Morgan fingerprint density at radius 1 is 1.39 bits per heavy atom. The largest absolute Gasteiger partial charge is 0.326 e. The van der Waals surface area contributed by atoms with Gasteiger partial charge in [-0.15, -0.1) is 10.2 Å². The molecular formula is C13H18N4S. The number of nitrogens with zero attached hydrogens (tertiary/aromatic N) is 3. The molecule has 1 unspecified atom stereocenters. The third kappa shape index (κ3) is 2.24. The Bertz CT molecular complexity index is 531. The van der Waals surface area contributed by atoms with Crippen LogP contribution in [0.1, 0.15) is 30.7 Å². The summed E-state index contributed by atoms with van der Waals surface area (Å²) in [6, 6.07) is 4.04. The maximum Gasteiger partial charge on any atom is 0.165 e. The maximum absolute atomic E-state index is 5.72. The number of aromatic nitrogens is 3. The molecule has 1 fully saturated rings. The van der Waals surface area contributed by atoms with Gasteiger partial charge in [0.05, 0.1) is 0 Å².